The van der Waals surface area contributed by atoms with Crippen LogP contribution in [0, 0.1) is 0 Å². The molecule has 7 nitrogen and oxygen atoms in total. The second-order valence-corrected chi connectivity index (χ2v) is 7.37. The number of fused-ring (bicyclic) bond motifs is 3. The average molecular weight is 394 g/mol. The van der Waals surface area contributed by atoms with E-state index >= 15 is 0 Å². The number of hydrogen-bond donors (Lipinski definition) is 1. The normalized spacial score (nSPS) is 13.9. The van der Waals surface area contributed by atoms with E-state index in [-0.39, 0.29) is 18.0 Å². The predicted octanol–water partition coefficient (Wildman–Crippen LogP) is 3.21. The highest BCUT2D eigenvalue weighted by Crippen LogP contribution is 2.39. The van der Waals surface area contributed by atoms with Crippen LogP contribution in [0.4, 0.5) is 5.69 Å². The fraction of sp³-hybridized carbons (Fsp3) is 0.200. The largest absolute Gasteiger partial charge is 0.324 e. The van der Waals surface area contributed by atoms with Crippen molar-refractivity contribution in [3.8, 4) is 0 Å². The fourth-order valence-corrected chi connectivity index (χ4v) is 3.56. The number of nitrogens with one attached hydrogen (secondary N) is 1. The maximum absolute atomic E-state index is 13.1. The molecule has 5 rings (SSSR count). The van der Waals surface area contributed by atoms with E-state index in [1.165, 1.54) is 4.57 Å². The van der Waals surface area contributed by atoms with Gasteiger partial charge in [0.1, 0.15) is 12.1 Å². The number of rotatable bonds is 4. The summed E-state index contributed by atoms with van der Waals surface area (Å²) < 4.78 is 3.03. The molecule has 1 saturated carbocycles. The van der Waals surface area contributed by atoms with Gasteiger partial charge in [0.15, 0.2) is 5.65 Å². The first-order chi connectivity index (χ1) is 13.6. The number of carbonyl (C=O) groups excluding carboxylic acids is 1. The molecule has 0 bridgehead atoms. The van der Waals surface area contributed by atoms with Crippen molar-refractivity contribution in [2.75, 3.05) is 5.32 Å². The molecular formula is C20H16ClN5O2. The highest BCUT2D eigenvalue weighted by Gasteiger charge is 2.27. The van der Waals surface area contributed by atoms with Gasteiger partial charge in [-0.2, -0.15) is 5.10 Å². The SMILES string of the molecule is O=C(Cn1c(=O)c2cc(C3CC3)nn2c2ncccc21)Nc1cccc(Cl)c1. The Bertz CT molecular complexity index is 1290. The quantitative estimate of drug-likeness (QED) is 0.577. The lowest BCUT2D eigenvalue weighted by Crippen LogP contribution is -2.29. The number of benzene rings is 1. The Morgan fingerprint density at radius 2 is 2.04 bits per heavy atom. The molecule has 28 heavy (non-hydrogen) atoms. The van der Waals surface area contributed by atoms with Crippen LogP contribution in [0.5, 0.6) is 0 Å². The van der Waals surface area contributed by atoms with Crippen LogP contribution < -0.4 is 10.9 Å². The van der Waals surface area contributed by atoms with Crippen LogP contribution in [0.3, 0.4) is 0 Å². The highest BCUT2D eigenvalue weighted by molar-refractivity contribution is 6.30. The molecule has 1 aliphatic rings. The second-order valence-electron chi connectivity index (χ2n) is 6.94. The Morgan fingerprint density at radius 3 is 2.82 bits per heavy atom. The zero-order valence-electron chi connectivity index (χ0n) is 14.8. The lowest BCUT2D eigenvalue weighted by atomic mass is 10.3. The van der Waals surface area contributed by atoms with Gasteiger partial charge in [-0.1, -0.05) is 17.7 Å². The predicted molar refractivity (Wildman–Crippen MR) is 107 cm³/mol. The molecule has 1 aromatic carbocycles. The smallest absolute Gasteiger partial charge is 0.277 e. The van der Waals surface area contributed by atoms with E-state index in [2.05, 4.69) is 15.4 Å². The van der Waals surface area contributed by atoms with Gasteiger partial charge in [0.25, 0.3) is 5.56 Å². The summed E-state index contributed by atoms with van der Waals surface area (Å²) in [7, 11) is 0. The van der Waals surface area contributed by atoms with Crippen molar-refractivity contribution >= 4 is 39.9 Å². The van der Waals surface area contributed by atoms with Gasteiger partial charge in [0.2, 0.25) is 5.91 Å². The second kappa shape index (κ2) is 6.45. The van der Waals surface area contributed by atoms with Crippen LogP contribution in [0.15, 0.2) is 53.5 Å². The zero-order valence-corrected chi connectivity index (χ0v) is 15.6. The third kappa shape index (κ3) is 2.93. The molecule has 4 aromatic rings. The minimum absolute atomic E-state index is 0.131. The van der Waals surface area contributed by atoms with Crippen molar-refractivity contribution < 1.29 is 4.79 Å². The van der Waals surface area contributed by atoms with Crippen LogP contribution in [-0.2, 0) is 11.3 Å². The van der Waals surface area contributed by atoms with Crippen LogP contribution in [0.1, 0.15) is 24.5 Å². The minimum atomic E-state index is -0.319. The van der Waals surface area contributed by atoms with Crippen LogP contribution in [-0.4, -0.2) is 25.1 Å². The van der Waals surface area contributed by atoms with Gasteiger partial charge in [-0.25, -0.2) is 9.50 Å². The maximum Gasteiger partial charge on any atom is 0.277 e. The number of pyridine rings is 1. The Morgan fingerprint density at radius 1 is 1.18 bits per heavy atom. The Hall–Kier alpha value is -3.19. The number of amides is 1. The van der Waals surface area contributed by atoms with Crippen molar-refractivity contribution in [3.05, 3.63) is 69.7 Å². The highest BCUT2D eigenvalue weighted by atomic mass is 35.5. The van der Waals surface area contributed by atoms with E-state index in [0.717, 1.165) is 18.5 Å². The van der Waals surface area contributed by atoms with E-state index in [1.54, 1.807) is 47.1 Å². The molecule has 1 aliphatic carbocycles. The van der Waals surface area contributed by atoms with Crippen molar-refractivity contribution in [1.82, 2.24) is 19.2 Å². The Kier molecular flexibility index (Phi) is 3.91. The van der Waals surface area contributed by atoms with Gasteiger partial charge >= 0.3 is 0 Å². The summed E-state index contributed by atoms with van der Waals surface area (Å²) in [6, 6.07) is 12.2. The lowest BCUT2D eigenvalue weighted by Gasteiger charge is -2.11. The maximum atomic E-state index is 13.1. The molecule has 1 amide bonds. The standard InChI is InChI=1S/C20H16ClN5O2/c21-13-3-1-4-14(9-13)23-18(27)11-25-16-5-2-8-22-19(16)26-17(20(25)28)10-15(24-26)12-6-7-12/h1-5,8-10,12H,6-7,11H2,(H,23,27). The lowest BCUT2D eigenvalue weighted by molar-refractivity contribution is -0.116. The average Bonchev–Trinajstić information content (AvgIpc) is 3.43. The molecule has 140 valence electrons. The molecule has 0 saturated heterocycles. The van der Waals surface area contributed by atoms with Crippen molar-refractivity contribution in [2.24, 2.45) is 0 Å². The zero-order chi connectivity index (χ0) is 19.3. The van der Waals surface area contributed by atoms with Crippen LogP contribution in [0.2, 0.25) is 5.02 Å². The number of hydrogen-bond acceptors (Lipinski definition) is 4. The molecule has 0 radical (unpaired) electrons. The summed E-state index contributed by atoms with van der Waals surface area (Å²) >= 11 is 5.97. The molecule has 1 N–H and O–H groups in total. The van der Waals surface area contributed by atoms with Crippen molar-refractivity contribution in [3.63, 3.8) is 0 Å². The molecule has 0 unspecified atom stereocenters. The monoisotopic (exact) mass is 393 g/mol. The molecule has 0 spiro atoms. The summed E-state index contributed by atoms with van der Waals surface area (Å²) in [5.74, 6) is 0.0958. The molecule has 1 fully saturated rings. The van der Waals surface area contributed by atoms with E-state index in [1.807, 2.05) is 6.07 Å². The van der Waals surface area contributed by atoms with Crippen LogP contribution >= 0.6 is 11.6 Å². The Balaban J connectivity index is 1.58. The first kappa shape index (κ1) is 16.9. The number of carbonyl (C=O) groups is 1. The summed E-state index contributed by atoms with van der Waals surface area (Å²) in [6.45, 7) is -0.131. The van der Waals surface area contributed by atoms with E-state index in [4.69, 9.17) is 11.6 Å². The summed E-state index contributed by atoms with van der Waals surface area (Å²) in [6.07, 6.45) is 3.83. The molecule has 3 aromatic heterocycles. The Labute approximate surface area is 164 Å². The summed E-state index contributed by atoms with van der Waals surface area (Å²) in [4.78, 5) is 30.1. The molecule has 3 heterocycles. The van der Waals surface area contributed by atoms with Crippen molar-refractivity contribution in [2.45, 2.75) is 25.3 Å². The van der Waals surface area contributed by atoms with E-state index in [0.29, 0.717) is 33.3 Å². The molecular weight excluding hydrogens is 378 g/mol. The molecule has 8 heteroatoms. The third-order valence-electron chi connectivity index (χ3n) is 4.86. The van der Waals surface area contributed by atoms with Gasteiger partial charge in [-0.3, -0.25) is 14.2 Å². The number of halogens is 1. The topological polar surface area (TPSA) is 81.3 Å². The minimum Gasteiger partial charge on any atom is -0.324 e. The third-order valence-corrected chi connectivity index (χ3v) is 5.09. The number of aromatic nitrogens is 4. The summed E-state index contributed by atoms with van der Waals surface area (Å²) in [5, 5.41) is 7.89. The first-order valence-corrected chi connectivity index (χ1v) is 9.40. The van der Waals surface area contributed by atoms with Gasteiger partial charge in [-0.15, -0.1) is 0 Å². The molecule has 0 aliphatic heterocycles. The van der Waals surface area contributed by atoms with Crippen LogP contribution in [0.25, 0.3) is 16.7 Å². The fourth-order valence-electron chi connectivity index (χ4n) is 3.37. The number of anilines is 1. The van der Waals surface area contributed by atoms with Crippen molar-refractivity contribution in [1.29, 1.82) is 0 Å². The summed E-state index contributed by atoms with van der Waals surface area (Å²) in [5.41, 5.74) is 2.77. The van der Waals surface area contributed by atoms with Gasteiger partial charge < -0.3 is 5.32 Å². The van der Waals surface area contributed by atoms with Gasteiger partial charge in [-0.05, 0) is 49.2 Å². The van der Waals surface area contributed by atoms with Gasteiger partial charge in [0.05, 0.1) is 11.2 Å². The molecule has 0 atom stereocenters. The van der Waals surface area contributed by atoms with E-state index in [9.17, 15) is 9.59 Å². The van der Waals surface area contributed by atoms with Gasteiger partial charge in [0, 0.05) is 22.8 Å². The van der Waals surface area contributed by atoms with E-state index < -0.39 is 0 Å². The first-order valence-electron chi connectivity index (χ1n) is 9.03. The number of nitrogens with zero attached hydrogens (tertiary/aromatic N) is 4.